The molecule has 1 amide bonds. The molecule has 0 aromatic heterocycles. The maximum atomic E-state index is 11.8. The highest BCUT2D eigenvalue weighted by Crippen LogP contribution is 2.14. The van der Waals surface area contributed by atoms with Gasteiger partial charge in [-0.2, -0.15) is 0 Å². The standard InChI is InChI=1S/C20H39NO3/c1-4-5-6-7-8-9-10-11-12-13-14-15-16-17(2)19(22)21-18(3)20(23)24/h17-18H,4-16H2,1-3H3,(H,21,22)(H,23,24). The van der Waals surface area contributed by atoms with E-state index in [1.165, 1.54) is 77.6 Å². The molecular weight excluding hydrogens is 302 g/mol. The van der Waals surface area contributed by atoms with Crippen molar-refractivity contribution in [1.82, 2.24) is 5.32 Å². The summed E-state index contributed by atoms with van der Waals surface area (Å²) in [6.07, 6.45) is 16.6. The van der Waals surface area contributed by atoms with Crippen LogP contribution in [0.15, 0.2) is 0 Å². The van der Waals surface area contributed by atoms with Crippen molar-refractivity contribution in [3.05, 3.63) is 0 Å². The van der Waals surface area contributed by atoms with Crippen molar-refractivity contribution in [2.45, 2.75) is 110 Å². The van der Waals surface area contributed by atoms with Crippen LogP contribution in [0.5, 0.6) is 0 Å². The number of aliphatic carboxylic acids is 1. The van der Waals surface area contributed by atoms with Gasteiger partial charge >= 0.3 is 5.97 Å². The molecule has 0 bridgehead atoms. The number of nitrogens with one attached hydrogen (secondary N) is 1. The Morgan fingerprint density at radius 2 is 1.21 bits per heavy atom. The van der Waals surface area contributed by atoms with Crippen molar-refractivity contribution in [3.63, 3.8) is 0 Å². The van der Waals surface area contributed by atoms with Gasteiger partial charge in [0, 0.05) is 5.92 Å². The molecule has 0 spiro atoms. The van der Waals surface area contributed by atoms with E-state index in [-0.39, 0.29) is 11.8 Å². The third-order valence-electron chi connectivity index (χ3n) is 4.67. The van der Waals surface area contributed by atoms with Gasteiger partial charge in [0.15, 0.2) is 0 Å². The number of carbonyl (C=O) groups is 2. The number of carbonyl (C=O) groups excluding carboxylic acids is 1. The maximum absolute atomic E-state index is 11.8. The summed E-state index contributed by atoms with van der Waals surface area (Å²) >= 11 is 0. The fraction of sp³-hybridized carbons (Fsp3) is 0.900. The zero-order chi connectivity index (χ0) is 18.2. The molecule has 4 nitrogen and oxygen atoms in total. The van der Waals surface area contributed by atoms with Gasteiger partial charge in [-0.05, 0) is 13.3 Å². The number of carboxylic acids is 1. The summed E-state index contributed by atoms with van der Waals surface area (Å²) in [6, 6.07) is -0.804. The molecule has 0 aliphatic carbocycles. The number of hydrogen-bond acceptors (Lipinski definition) is 2. The molecule has 24 heavy (non-hydrogen) atoms. The van der Waals surface area contributed by atoms with Crippen LogP contribution in [-0.4, -0.2) is 23.0 Å². The topological polar surface area (TPSA) is 66.4 Å². The molecule has 2 unspecified atom stereocenters. The lowest BCUT2D eigenvalue weighted by molar-refractivity contribution is -0.141. The molecule has 0 saturated heterocycles. The van der Waals surface area contributed by atoms with Gasteiger partial charge in [-0.3, -0.25) is 9.59 Å². The predicted octanol–water partition coefficient (Wildman–Crippen LogP) is 5.30. The Morgan fingerprint density at radius 3 is 1.62 bits per heavy atom. The number of amides is 1. The monoisotopic (exact) mass is 341 g/mol. The predicted molar refractivity (Wildman–Crippen MR) is 100 cm³/mol. The third kappa shape index (κ3) is 13.4. The van der Waals surface area contributed by atoms with Crippen molar-refractivity contribution < 1.29 is 14.7 Å². The van der Waals surface area contributed by atoms with Crippen LogP contribution in [0.4, 0.5) is 0 Å². The van der Waals surface area contributed by atoms with E-state index in [1.54, 1.807) is 0 Å². The Hall–Kier alpha value is -1.06. The van der Waals surface area contributed by atoms with Gasteiger partial charge in [-0.25, -0.2) is 0 Å². The van der Waals surface area contributed by atoms with E-state index in [1.807, 2.05) is 6.92 Å². The van der Waals surface area contributed by atoms with Crippen molar-refractivity contribution in [2.75, 3.05) is 0 Å². The van der Waals surface area contributed by atoms with Crippen LogP contribution in [0.1, 0.15) is 104 Å². The molecule has 0 fully saturated rings. The van der Waals surface area contributed by atoms with Gasteiger partial charge in [-0.15, -0.1) is 0 Å². The summed E-state index contributed by atoms with van der Waals surface area (Å²) in [5, 5.41) is 11.3. The minimum Gasteiger partial charge on any atom is -0.480 e. The van der Waals surface area contributed by atoms with E-state index in [4.69, 9.17) is 5.11 Å². The van der Waals surface area contributed by atoms with E-state index < -0.39 is 12.0 Å². The molecule has 0 aromatic rings. The van der Waals surface area contributed by atoms with Gasteiger partial charge in [0.05, 0.1) is 0 Å². The summed E-state index contributed by atoms with van der Waals surface area (Å²) < 4.78 is 0. The van der Waals surface area contributed by atoms with Crippen LogP contribution in [0.25, 0.3) is 0 Å². The lowest BCUT2D eigenvalue weighted by Gasteiger charge is -2.14. The number of hydrogen-bond donors (Lipinski definition) is 2. The molecule has 0 aromatic carbocycles. The van der Waals surface area contributed by atoms with Crippen molar-refractivity contribution >= 4 is 11.9 Å². The molecule has 0 heterocycles. The summed E-state index contributed by atoms with van der Waals surface area (Å²) in [6.45, 7) is 5.63. The average Bonchev–Trinajstić information content (AvgIpc) is 2.55. The zero-order valence-corrected chi connectivity index (χ0v) is 16.1. The van der Waals surface area contributed by atoms with E-state index in [0.717, 1.165) is 12.8 Å². The molecule has 0 aliphatic rings. The summed E-state index contributed by atoms with van der Waals surface area (Å²) in [7, 11) is 0. The first-order valence-corrected chi connectivity index (χ1v) is 10.0. The fourth-order valence-corrected chi connectivity index (χ4v) is 2.84. The third-order valence-corrected chi connectivity index (χ3v) is 4.67. The largest absolute Gasteiger partial charge is 0.480 e. The summed E-state index contributed by atoms with van der Waals surface area (Å²) in [5.41, 5.74) is 0. The smallest absolute Gasteiger partial charge is 0.325 e. The molecule has 0 saturated carbocycles. The Labute approximate surface area is 148 Å². The molecule has 0 radical (unpaired) electrons. The fourth-order valence-electron chi connectivity index (χ4n) is 2.84. The van der Waals surface area contributed by atoms with E-state index >= 15 is 0 Å². The van der Waals surface area contributed by atoms with Crippen LogP contribution in [0, 0.1) is 5.92 Å². The zero-order valence-electron chi connectivity index (χ0n) is 16.1. The van der Waals surface area contributed by atoms with Crippen molar-refractivity contribution in [1.29, 1.82) is 0 Å². The molecular formula is C20H39NO3. The van der Waals surface area contributed by atoms with Gasteiger partial charge in [0.1, 0.15) is 6.04 Å². The van der Waals surface area contributed by atoms with Crippen molar-refractivity contribution in [2.24, 2.45) is 5.92 Å². The molecule has 2 N–H and O–H groups in total. The van der Waals surface area contributed by atoms with Crippen LogP contribution in [0.3, 0.4) is 0 Å². The quantitative estimate of drug-likeness (QED) is 0.374. The second kappa shape index (κ2) is 15.5. The van der Waals surface area contributed by atoms with Gasteiger partial charge in [-0.1, -0.05) is 90.9 Å². The molecule has 0 rings (SSSR count). The highest BCUT2D eigenvalue weighted by molar-refractivity contribution is 5.84. The SMILES string of the molecule is CCCCCCCCCCCCCCC(C)C(=O)NC(C)C(=O)O. The summed E-state index contributed by atoms with van der Waals surface area (Å²) in [4.78, 5) is 22.5. The van der Waals surface area contributed by atoms with E-state index in [0.29, 0.717) is 0 Å². The lowest BCUT2D eigenvalue weighted by atomic mass is 10.00. The van der Waals surface area contributed by atoms with Gasteiger partial charge in [0.25, 0.3) is 0 Å². The first-order chi connectivity index (χ1) is 11.5. The molecule has 2 atom stereocenters. The van der Waals surface area contributed by atoms with Crippen LogP contribution in [0.2, 0.25) is 0 Å². The second-order valence-electron chi connectivity index (χ2n) is 7.15. The van der Waals surface area contributed by atoms with Gasteiger partial charge < -0.3 is 10.4 Å². The first-order valence-electron chi connectivity index (χ1n) is 10.0. The Kier molecular flexibility index (Phi) is 14.8. The number of carboxylic acid groups (broad SMARTS) is 1. The minimum atomic E-state index is -0.985. The maximum Gasteiger partial charge on any atom is 0.325 e. The highest BCUT2D eigenvalue weighted by atomic mass is 16.4. The Morgan fingerprint density at radius 1 is 0.792 bits per heavy atom. The molecule has 0 aliphatic heterocycles. The normalized spacial score (nSPS) is 13.5. The minimum absolute atomic E-state index is 0.102. The molecule has 4 heteroatoms. The Bertz CT molecular complexity index is 331. The average molecular weight is 342 g/mol. The van der Waals surface area contributed by atoms with Crippen LogP contribution >= 0.6 is 0 Å². The van der Waals surface area contributed by atoms with E-state index in [9.17, 15) is 9.59 Å². The highest BCUT2D eigenvalue weighted by Gasteiger charge is 2.18. The second-order valence-corrected chi connectivity index (χ2v) is 7.15. The Balaban J connectivity index is 3.40. The number of rotatable bonds is 16. The van der Waals surface area contributed by atoms with Crippen LogP contribution in [-0.2, 0) is 9.59 Å². The van der Waals surface area contributed by atoms with Crippen LogP contribution < -0.4 is 5.32 Å². The van der Waals surface area contributed by atoms with E-state index in [2.05, 4.69) is 12.2 Å². The van der Waals surface area contributed by atoms with Crippen molar-refractivity contribution in [3.8, 4) is 0 Å². The summed E-state index contributed by atoms with van der Waals surface area (Å²) in [5.74, 6) is -1.23. The first kappa shape index (κ1) is 22.9. The number of unbranched alkanes of at least 4 members (excludes halogenated alkanes) is 11. The lowest BCUT2D eigenvalue weighted by Crippen LogP contribution is -2.41. The molecule has 142 valence electrons. The van der Waals surface area contributed by atoms with Gasteiger partial charge in [0.2, 0.25) is 5.91 Å².